The summed E-state index contributed by atoms with van der Waals surface area (Å²) in [5, 5.41) is 13.4. The molecule has 1 aromatic carbocycles. The van der Waals surface area contributed by atoms with Crippen LogP contribution in [-0.4, -0.2) is 21.9 Å². The van der Waals surface area contributed by atoms with Crippen molar-refractivity contribution in [1.82, 2.24) is 4.98 Å². The quantitative estimate of drug-likeness (QED) is 0.375. The molecule has 0 spiro atoms. The third kappa shape index (κ3) is 2.92. The minimum atomic E-state index is -0.790. The van der Waals surface area contributed by atoms with Crippen molar-refractivity contribution in [2.75, 3.05) is 0 Å². The van der Waals surface area contributed by atoms with E-state index in [1.54, 1.807) is 18.2 Å². The van der Waals surface area contributed by atoms with E-state index >= 15 is 0 Å². The van der Waals surface area contributed by atoms with E-state index in [4.69, 9.17) is 4.74 Å². The van der Waals surface area contributed by atoms with Crippen LogP contribution >= 0.6 is 11.3 Å². The largest absolute Gasteiger partial charge is 0.426 e. The summed E-state index contributed by atoms with van der Waals surface area (Å²) in [7, 11) is 0. The van der Waals surface area contributed by atoms with Gasteiger partial charge in [-0.15, -0.1) is 11.3 Å². The van der Waals surface area contributed by atoms with Crippen LogP contribution in [0.15, 0.2) is 29.6 Å². The molecule has 7 heteroatoms. The average molecular weight is 304 g/mol. The van der Waals surface area contributed by atoms with Crippen LogP contribution < -0.4 is 4.74 Å². The van der Waals surface area contributed by atoms with E-state index in [0.717, 1.165) is 16.3 Å². The number of hydrogen-bond acceptors (Lipinski definition) is 6. The molecule has 108 valence electrons. The Morgan fingerprint density at radius 1 is 1.52 bits per heavy atom. The van der Waals surface area contributed by atoms with Crippen molar-refractivity contribution >= 4 is 17.3 Å². The van der Waals surface area contributed by atoms with Crippen molar-refractivity contribution in [3.63, 3.8) is 0 Å². The Kier molecular flexibility index (Phi) is 3.42. The number of rotatable bonds is 4. The zero-order chi connectivity index (χ0) is 15.0. The van der Waals surface area contributed by atoms with Gasteiger partial charge in [0.1, 0.15) is 16.7 Å². The lowest BCUT2D eigenvalue weighted by Crippen LogP contribution is -2.16. The van der Waals surface area contributed by atoms with E-state index in [0.29, 0.717) is 5.75 Å². The second kappa shape index (κ2) is 5.25. The zero-order valence-electron chi connectivity index (χ0n) is 11.2. The molecule has 0 aliphatic heterocycles. The van der Waals surface area contributed by atoms with E-state index in [1.165, 1.54) is 11.3 Å². The van der Waals surface area contributed by atoms with E-state index in [2.05, 4.69) is 4.98 Å². The van der Waals surface area contributed by atoms with Gasteiger partial charge in [-0.2, -0.15) is 0 Å². The van der Waals surface area contributed by atoms with Crippen LogP contribution in [0.1, 0.15) is 12.1 Å². The highest BCUT2D eigenvalue weighted by atomic mass is 32.1. The van der Waals surface area contributed by atoms with Crippen LogP contribution in [-0.2, 0) is 4.79 Å². The number of aromatic nitrogens is 1. The monoisotopic (exact) mass is 304 g/mol. The number of thiazole rings is 1. The Bertz CT molecular complexity index is 713. The van der Waals surface area contributed by atoms with Gasteiger partial charge in [0.25, 0.3) is 0 Å². The first-order valence-electron chi connectivity index (χ1n) is 6.42. The van der Waals surface area contributed by atoms with Gasteiger partial charge in [-0.1, -0.05) is 12.1 Å². The number of carbonyl (C=O) groups is 1. The molecule has 2 aromatic rings. The summed E-state index contributed by atoms with van der Waals surface area (Å²) >= 11 is 1.51. The molecule has 1 fully saturated rings. The fourth-order valence-electron chi connectivity index (χ4n) is 2.04. The van der Waals surface area contributed by atoms with Crippen molar-refractivity contribution in [3.05, 3.63) is 45.5 Å². The van der Waals surface area contributed by atoms with Gasteiger partial charge in [0.2, 0.25) is 6.04 Å². The van der Waals surface area contributed by atoms with Crippen LogP contribution in [0.25, 0.3) is 10.6 Å². The lowest BCUT2D eigenvalue weighted by molar-refractivity contribution is -0.497. The van der Waals surface area contributed by atoms with Gasteiger partial charge in [-0.05, 0) is 19.1 Å². The lowest BCUT2D eigenvalue weighted by atomic mass is 10.2. The summed E-state index contributed by atoms with van der Waals surface area (Å²) in [6, 6.07) is 6.24. The van der Waals surface area contributed by atoms with Crippen LogP contribution in [0.2, 0.25) is 0 Å². The van der Waals surface area contributed by atoms with Crippen LogP contribution in [0, 0.1) is 23.0 Å². The van der Waals surface area contributed by atoms with Gasteiger partial charge in [0.15, 0.2) is 0 Å². The van der Waals surface area contributed by atoms with Crippen LogP contribution in [0.5, 0.6) is 5.75 Å². The molecular weight excluding hydrogens is 292 g/mol. The SMILES string of the molecule is Cc1csc(-c2cccc(OC(=O)[C@@H]3C[C@H]3[N+](=O)[O-])c2)n1. The first-order chi connectivity index (χ1) is 10.0. The Morgan fingerprint density at radius 2 is 2.33 bits per heavy atom. The minimum absolute atomic E-state index is 0.261. The Labute approximate surface area is 124 Å². The number of ether oxygens (including phenoxy) is 1. The number of hydrogen-bond donors (Lipinski definition) is 0. The molecule has 1 heterocycles. The summed E-state index contributed by atoms with van der Waals surface area (Å²) in [4.78, 5) is 26.3. The molecule has 0 radical (unpaired) electrons. The van der Waals surface area contributed by atoms with Gasteiger partial charge < -0.3 is 4.74 Å². The summed E-state index contributed by atoms with van der Waals surface area (Å²) in [5.74, 6) is -0.769. The normalized spacial score (nSPS) is 20.0. The fourth-order valence-corrected chi connectivity index (χ4v) is 2.83. The first kappa shape index (κ1) is 13.7. The van der Waals surface area contributed by atoms with E-state index in [1.807, 2.05) is 18.4 Å². The minimum Gasteiger partial charge on any atom is -0.426 e. The standard InChI is InChI=1S/C14H12N2O4S/c1-8-7-21-13(15-8)9-3-2-4-10(5-9)20-14(17)11-6-12(11)16(18)19/h2-5,7,11-12H,6H2,1H3/t11-,12-/m1/s1. The Morgan fingerprint density at radius 3 is 2.95 bits per heavy atom. The maximum atomic E-state index is 11.8. The molecule has 1 aliphatic carbocycles. The molecule has 21 heavy (non-hydrogen) atoms. The van der Waals surface area contributed by atoms with Crippen molar-refractivity contribution in [2.45, 2.75) is 19.4 Å². The summed E-state index contributed by atoms with van der Waals surface area (Å²) in [5.41, 5.74) is 1.80. The van der Waals surface area contributed by atoms with Gasteiger partial charge in [0, 0.05) is 28.0 Å². The molecule has 0 unspecified atom stereocenters. The zero-order valence-corrected chi connectivity index (χ0v) is 12.0. The fraction of sp³-hybridized carbons (Fsp3) is 0.286. The molecule has 3 rings (SSSR count). The molecule has 0 amide bonds. The van der Waals surface area contributed by atoms with Gasteiger partial charge >= 0.3 is 5.97 Å². The van der Waals surface area contributed by atoms with E-state index in [-0.39, 0.29) is 6.42 Å². The third-order valence-electron chi connectivity index (χ3n) is 3.25. The topological polar surface area (TPSA) is 82.3 Å². The molecule has 2 atom stereocenters. The number of benzene rings is 1. The molecular formula is C14H12N2O4S. The average Bonchev–Trinajstić information content (AvgIpc) is 3.15. The number of nitrogens with zero attached hydrogens (tertiary/aromatic N) is 2. The van der Waals surface area contributed by atoms with Crippen LogP contribution in [0.4, 0.5) is 0 Å². The Balaban J connectivity index is 1.72. The van der Waals surface area contributed by atoms with E-state index < -0.39 is 22.9 Å². The molecule has 1 aliphatic rings. The van der Waals surface area contributed by atoms with Gasteiger partial charge in [-0.3, -0.25) is 14.9 Å². The highest BCUT2D eigenvalue weighted by Crippen LogP contribution is 2.35. The highest BCUT2D eigenvalue weighted by molar-refractivity contribution is 7.13. The smallest absolute Gasteiger partial charge is 0.321 e. The second-order valence-corrected chi connectivity index (χ2v) is 5.80. The van der Waals surface area contributed by atoms with Crippen LogP contribution in [0.3, 0.4) is 0 Å². The summed E-state index contributed by atoms with van der Waals surface area (Å²) < 4.78 is 5.22. The number of carbonyl (C=O) groups excluding carboxylic acids is 1. The molecule has 6 nitrogen and oxygen atoms in total. The first-order valence-corrected chi connectivity index (χ1v) is 7.30. The maximum Gasteiger partial charge on any atom is 0.321 e. The van der Waals surface area contributed by atoms with Crippen molar-refractivity contribution in [2.24, 2.45) is 5.92 Å². The third-order valence-corrected chi connectivity index (χ3v) is 4.26. The van der Waals surface area contributed by atoms with Gasteiger partial charge in [-0.25, -0.2) is 4.98 Å². The second-order valence-electron chi connectivity index (χ2n) is 4.94. The van der Waals surface area contributed by atoms with Gasteiger partial charge in [0.05, 0.1) is 0 Å². The lowest BCUT2D eigenvalue weighted by Gasteiger charge is -2.04. The van der Waals surface area contributed by atoms with Crippen molar-refractivity contribution in [1.29, 1.82) is 0 Å². The predicted octanol–water partition coefficient (Wildman–Crippen LogP) is 2.69. The molecule has 0 N–H and O–H groups in total. The van der Waals surface area contributed by atoms with Crippen molar-refractivity contribution in [3.8, 4) is 16.3 Å². The number of esters is 1. The molecule has 1 saturated carbocycles. The Hall–Kier alpha value is -2.28. The molecule has 0 saturated heterocycles. The highest BCUT2D eigenvalue weighted by Gasteiger charge is 2.54. The number of aryl methyl sites for hydroxylation is 1. The predicted molar refractivity (Wildman–Crippen MR) is 76.8 cm³/mol. The maximum absolute atomic E-state index is 11.8. The summed E-state index contributed by atoms with van der Waals surface area (Å²) in [6.07, 6.45) is 0.261. The number of nitro groups is 1. The van der Waals surface area contributed by atoms with Crippen molar-refractivity contribution < 1.29 is 14.5 Å². The van der Waals surface area contributed by atoms with E-state index in [9.17, 15) is 14.9 Å². The molecule has 0 bridgehead atoms. The molecule has 1 aromatic heterocycles. The summed E-state index contributed by atoms with van der Waals surface area (Å²) in [6.45, 7) is 1.91.